The van der Waals surface area contributed by atoms with Gasteiger partial charge in [0.2, 0.25) is 0 Å². The van der Waals surface area contributed by atoms with Crippen molar-refractivity contribution in [2.24, 2.45) is 0 Å². The van der Waals surface area contributed by atoms with Gasteiger partial charge >= 0.3 is 0 Å². The van der Waals surface area contributed by atoms with Crippen LogP contribution in [0.15, 0.2) is 24.3 Å². The number of anilines is 1. The summed E-state index contributed by atoms with van der Waals surface area (Å²) >= 11 is 0. The Labute approximate surface area is 111 Å². The molecule has 1 saturated heterocycles. The highest BCUT2D eigenvalue weighted by Crippen LogP contribution is 2.18. The molecule has 2 rings (SSSR count). The van der Waals surface area contributed by atoms with E-state index in [1.807, 2.05) is 0 Å². The van der Waals surface area contributed by atoms with Gasteiger partial charge in [-0.25, -0.2) is 0 Å². The molecule has 100 valence electrons. The lowest BCUT2D eigenvalue weighted by Gasteiger charge is -2.33. The van der Waals surface area contributed by atoms with Crippen molar-refractivity contribution >= 4 is 5.69 Å². The second kappa shape index (κ2) is 6.24. The van der Waals surface area contributed by atoms with Crippen molar-refractivity contribution in [3.8, 4) is 0 Å². The van der Waals surface area contributed by atoms with E-state index < -0.39 is 0 Å². The number of nitrogens with one attached hydrogen (secondary N) is 1. The fraction of sp³-hybridized carbons (Fsp3) is 0.625. The molecule has 0 saturated carbocycles. The zero-order valence-corrected chi connectivity index (χ0v) is 11.9. The van der Waals surface area contributed by atoms with Crippen molar-refractivity contribution in [1.82, 2.24) is 5.32 Å². The van der Waals surface area contributed by atoms with Gasteiger partial charge in [-0.1, -0.05) is 24.6 Å². The Morgan fingerprint density at radius 3 is 2.50 bits per heavy atom. The number of rotatable bonds is 2. The maximum absolute atomic E-state index is 3.72. The van der Waals surface area contributed by atoms with Crippen molar-refractivity contribution in [2.75, 3.05) is 18.0 Å². The molecule has 1 aliphatic rings. The Morgan fingerprint density at radius 1 is 1.17 bits per heavy atom. The summed E-state index contributed by atoms with van der Waals surface area (Å²) in [6, 6.07) is 10.3. The lowest BCUT2D eigenvalue weighted by atomic mass is 10.0. The summed E-state index contributed by atoms with van der Waals surface area (Å²) in [6.45, 7) is 9.06. The van der Waals surface area contributed by atoms with Crippen LogP contribution in [0.1, 0.15) is 38.7 Å². The zero-order chi connectivity index (χ0) is 13.0. The standard InChI is InChI=1S/C16H26N2/c1-4-15-10-12-18(11-9-14(3)17-15)16-7-5-13(2)6-8-16/h5-8,14-15,17H,4,9-12H2,1-3H3. The van der Waals surface area contributed by atoms with Crippen LogP contribution in [0.2, 0.25) is 0 Å². The van der Waals surface area contributed by atoms with Gasteiger partial charge in [0.05, 0.1) is 0 Å². The van der Waals surface area contributed by atoms with Crippen LogP contribution in [0.3, 0.4) is 0 Å². The van der Waals surface area contributed by atoms with E-state index in [-0.39, 0.29) is 0 Å². The predicted octanol–water partition coefficient (Wildman–Crippen LogP) is 3.35. The Bertz CT molecular complexity index is 358. The average molecular weight is 246 g/mol. The molecular weight excluding hydrogens is 220 g/mol. The normalized spacial score (nSPS) is 25.6. The highest BCUT2D eigenvalue weighted by atomic mass is 15.1. The molecule has 1 fully saturated rings. The predicted molar refractivity (Wildman–Crippen MR) is 79.3 cm³/mol. The highest BCUT2D eigenvalue weighted by molar-refractivity contribution is 5.47. The van der Waals surface area contributed by atoms with E-state index in [1.54, 1.807) is 0 Å². The molecule has 0 radical (unpaired) electrons. The number of hydrogen-bond acceptors (Lipinski definition) is 2. The molecule has 0 bridgehead atoms. The average Bonchev–Trinajstić information content (AvgIpc) is 2.36. The molecule has 2 nitrogen and oxygen atoms in total. The summed E-state index contributed by atoms with van der Waals surface area (Å²) < 4.78 is 0. The topological polar surface area (TPSA) is 15.3 Å². The lowest BCUT2D eigenvalue weighted by Crippen LogP contribution is -2.44. The zero-order valence-electron chi connectivity index (χ0n) is 11.9. The van der Waals surface area contributed by atoms with Gasteiger partial charge in [-0.2, -0.15) is 0 Å². The molecule has 1 aromatic rings. The third-order valence-corrected chi connectivity index (χ3v) is 3.99. The first-order chi connectivity index (χ1) is 8.69. The van der Waals surface area contributed by atoms with Gasteiger partial charge in [0, 0.05) is 30.9 Å². The number of aryl methyl sites for hydroxylation is 1. The van der Waals surface area contributed by atoms with E-state index in [1.165, 1.54) is 37.1 Å². The molecule has 0 amide bonds. The van der Waals surface area contributed by atoms with Crippen LogP contribution in [-0.4, -0.2) is 25.2 Å². The first-order valence-electron chi connectivity index (χ1n) is 7.26. The minimum Gasteiger partial charge on any atom is -0.371 e. The van der Waals surface area contributed by atoms with Crippen LogP contribution < -0.4 is 10.2 Å². The monoisotopic (exact) mass is 246 g/mol. The van der Waals surface area contributed by atoms with Gasteiger partial charge in [0.1, 0.15) is 0 Å². The van der Waals surface area contributed by atoms with Gasteiger partial charge in [0.25, 0.3) is 0 Å². The van der Waals surface area contributed by atoms with Gasteiger partial charge in [-0.3, -0.25) is 0 Å². The van der Waals surface area contributed by atoms with Crippen molar-refractivity contribution in [3.05, 3.63) is 29.8 Å². The minimum absolute atomic E-state index is 0.628. The van der Waals surface area contributed by atoms with E-state index in [0.29, 0.717) is 12.1 Å². The molecule has 1 N–H and O–H groups in total. The van der Waals surface area contributed by atoms with E-state index in [0.717, 1.165) is 6.54 Å². The number of hydrogen-bond donors (Lipinski definition) is 1. The van der Waals surface area contributed by atoms with Gasteiger partial charge in [-0.05, 0) is 45.2 Å². The maximum atomic E-state index is 3.72. The number of nitrogens with zero attached hydrogens (tertiary/aromatic N) is 1. The molecule has 0 aromatic heterocycles. The molecule has 1 heterocycles. The van der Waals surface area contributed by atoms with Crippen LogP contribution in [-0.2, 0) is 0 Å². The van der Waals surface area contributed by atoms with Crippen LogP contribution in [0.5, 0.6) is 0 Å². The molecule has 0 aliphatic carbocycles. The first kappa shape index (κ1) is 13.4. The largest absolute Gasteiger partial charge is 0.371 e. The SMILES string of the molecule is CCC1CCN(c2ccc(C)cc2)CCC(C)N1. The van der Waals surface area contributed by atoms with Gasteiger partial charge in [0.15, 0.2) is 0 Å². The molecule has 1 aromatic carbocycles. The molecule has 0 spiro atoms. The van der Waals surface area contributed by atoms with Crippen LogP contribution in [0.4, 0.5) is 5.69 Å². The molecule has 1 aliphatic heterocycles. The van der Waals surface area contributed by atoms with E-state index >= 15 is 0 Å². The summed E-state index contributed by atoms with van der Waals surface area (Å²) in [5.41, 5.74) is 2.72. The minimum atomic E-state index is 0.628. The Kier molecular flexibility index (Phi) is 4.65. The Balaban J connectivity index is 2.05. The fourth-order valence-corrected chi connectivity index (χ4v) is 2.68. The second-order valence-electron chi connectivity index (χ2n) is 5.57. The van der Waals surface area contributed by atoms with E-state index in [9.17, 15) is 0 Å². The van der Waals surface area contributed by atoms with Crippen LogP contribution in [0, 0.1) is 6.92 Å². The summed E-state index contributed by atoms with van der Waals surface area (Å²) in [5, 5.41) is 3.72. The van der Waals surface area contributed by atoms with Crippen molar-refractivity contribution in [2.45, 2.75) is 52.1 Å². The van der Waals surface area contributed by atoms with Gasteiger partial charge < -0.3 is 10.2 Å². The summed E-state index contributed by atoms with van der Waals surface area (Å²) in [7, 11) is 0. The molecule has 2 heteroatoms. The van der Waals surface area contributed by atoms with Crippen LogP contribution >= 0.6 is 0 Å². The Hall–Kier alpha value is -1.02. The highest BCUT2D eigenvalue weighted by Gasteiger charge is 2.17. The van der Waals surface area contributed by atoms with Gasteiger partial charge in [-0.15, -0.1) is 0 Å². The maximum Gasteiger partial charge on any atom is 0.0366 e. The Morgan fingerprint density at radius 2 is 1.83 bits per heavy atom. The third-order valence-electron chi connectivity index (χ3n) is 3.99. The molecular formula is C16H26N2. The summed E-state index contributed by atoms with van der Waals surface area (Å²) in [6.07, 6.45) is 3.70. The quantitative estimate of drug-likeness (QED) is 0.861. The second-order valence-corrected chi connectivity index (χ2v) is 5.57. The van der Waals surface area contributed by atoms with Crippen molar-refractivity contribution in [1.29, 1.82) is 0 Å². The van der Waals surface area contributed by atoms with E-state index in [4.69, 9.17) is 0 Å². The summed E-state index contributed by atoms with van der Waals surface area (Å²) in [5.74, 6) is 0. The molecule has 18 heavy (non-hydrogen) atoms. The number of benzene rings is 1. The van der Waals surface area contributed by atoms with Crippen LogP contribution in [0.25, 0.3) is 0 Å². The molecule has 2 unspecified atom stereocenters. The van der Waals surface area contributed by atoms with E-state index in [2.05, 4.69) is 55.3 Å². The smallest absolute Gasteiger partial charge is 0.0366 e. The molecule has 2 atom stereocenters. The third kappa shape index (κ3) is 3.49. The fourth-order valence-electron chi connectivity index (χ4n) is 2.68. The summed E-state index contributed by atoms with van der Waals surface area (Å²) in [4.78, 5) is 2.54. The lowest BCUT2D eigenvalue weighted by molar-refractivity contribution is 0.378. The van der Waals surface area contributed by atoms with Crippen molar-refractivity contribution in [3.63, 3.8) is 0 Å². The van der Waals surface area contributed by atoms with Crippen molar-refractivity contribution < 1.29 is 0 Å². The first-order valence-corrected chi connectivity index (χ1v) is 7.26.